The fourth-order valence-corrected chi connectivity index (χ4v) is 1.98. The molecule has 2 aromatic rings. The van der Waals surface area contributed by atoms with Gasteiger partial charge in [-0.2, -0.15) is 0 Å². The maximum atomic E-state index is 6.17. The number of rotatable bonds is 4. The molecule has 0 bridgehead atoms. The topological polar surface area (TPSA) is 48.1 Å². The molecule has 1 aromatic carbocycles. The summed E-state index contributed by atoms with van der Waals surface area (Å²) in [5.41, 5.74) is 8.14. The van der Waals surface area contributed by atoms with Crippen molar-refractivity contribution in [2.75, 3.05) is 7.11 Å². The molecule has 0 fully saturated rings. The van der Waals surface area contributed by atoms with Gasteiger partial charge in [-0.3, -0.25) is 4.98 Å². The standard InChI is InChI=1S/C14H15ClN2O/c1-18-12-6-11(8-17-9-12)14(16)7-10-4-2-3-5-13(10)15/h2-6,8-9,14H,7,16H2,1H3. The van der Waals surface area contributed by atoms with Crippen molar-refractivity contribution in [1.29, 1.82) is 0 Å². The highest BCUT2D eigenvalue weighted by atomic mass is 35.5. The summed E-state index contributed by atoms with van der Waals surface area (Å²) in [4.78, 5) is 4.10. The summed E-state index contributed by atoms with van der Waals surface area (Å²) in [6, 6.07) is 9.47. The molecule has 94 valence electrons. The van der Waals surface area contributed by atoms with Crippen molar-refractivity contribution in [2.45, 2.75) is 12.5 Å². The number of benzene rings is 1. The molecular weight excluding hydrogens is 248 g/mol. The van der Waals surface area contributed by atoms with E-state index in [1.165, 1.54) is 0 Å². The third kappa shape index (κ3) is 3.00. The van der Waals surface area contributed by atoms with E-state index in [0.29, 0.717) is 12.2 Å². The van der Waals surface area contributed by atoms with Crippen molar-refractivity contribution in [1.82, 2.24) is 4.98 Å². The lowest BCUT2D eigenvalue weighted by molar-refractivity contribution is 0.411. The normalized spacial score (nSPS) is 12.2. The molecule has 0 amide bonds. The Labute approximate surface area is 112 Å². The molecule has 0 aliphatic carbocycles. The zero-order chi connectivity index (χ0) is 13.0. The van der Waals surface area contributed by atoms with Crippen molar-refractivity contribution in [2.24, 2.45) is 5.73 Å². The van der Waals surface area contributed by atoms with Crippen molar-refractivity contribution in [3.8, 4) is 5.75 Å². The zero-order valence-corrected chi connectivity index (χ0v) is 10.9. The Morgan fingerprint density at radius 2 is 2.11 bits per heavy atom. The van der Waals surface area contributed by atoms with Crippen LogP contribution in [0.2, 0.25) is 5.02 Å². The molecule has 0 radical (unpaired) electrons. The number of aromatic nitrogens is 1. The molecule has 2 rings (SSSR count). The van der Waals surface area contributed by atoms with Crippen molar-refractivity contribution < 1.29 is 4.74 Å². The smallest absolute Gasteiger partial charge is 0.137 e. The van der Waals surface area contributed by atoms with E-state index in [-0.39, 0.29) is 6.04 Å². The number of nitrogens with two attached hydrogens (primary N) is 1. The van der Waals surface area contributed by atoms with Gasteiger partial charge < -0.3 is 10.5 Å². The molecule has 1 heterocycles. The average Bonchev–Trinajstić information content (AvgIpc) is 2.41. The first-order valence-electron chi connectivity index (χ1n) is 5.68. The van der Waals surface area contributed by atoms with Crippen LogP contribution in [0.3, 0.4) is 0 Å². The Morgan fingerprint density at radius 3 is 2.83 bits per heavy atom. The first-order chi connectivity index (χ1) is 8.70. The second-order valence-electron chi connectivity index (χ2n) is 4.06. The number of methoxy groups -OCH3 is 1. The summed E-state index contributed by atoms with van der Waals surface area (Å²) in [6.45, 7) is 0. The summed E-state index contributed by atoms with van der Waals surface area (Å²) in [6.07, 6.45) is 4.09. The SMILES string of the molecule is COc1cncc(C(N)Cc2ccccc2Cl)c1. The Bertz CT molecular complexity index is 531. The quantitative estimate of drug-likeness (QED) is 0.922. The summed E-state index contributed by atoms with van der Waals surface area (Å²) in [5, 5.41) is 0.740. The highest BCUT2D eigenvalue weighted by molar-refractivity contribution is 6.31. The molecular formula is C14H15ClN2O. The second kappa shape index (κ2) is 5.85. The van der Waals surface area contributed by atoms with Crippen LogP contribution in [0.4, 0.5) is 0 Å². The van der Waals surface area contributed by atoms with Crippen molar-refractivity contribution >= 4 is 11.6 Å². The van der Waals surface area contributed by atoms with Crippen LogP contribution in [0, 0.1) is 0 Å². The van der Waals surface area contributed by atoms with Crippen LogP contribution < -0.4 is 10.5 Å². The fourth-order valence-electron chi connectivity index (χ4n) is 1.77. The molecule has 0 aliphatic rings. The Balaban J connectivity index is 2.16. The van der Waals surface area contributed by atoms with E-state index in [1.807, 2.05) is 30.3 Å². The molecule has 0 spiro atoms. The molecule has 3 nitrogen and oxygen atoms in total. The van der Waals surface area contributed by atoms with Gasteiger partial charge in [0.05, 0.1) is 13.3 Å². The number of hydrogen-bond donors (Lipinski definition) is 1. The van der Waals surface area contributed by atoms with Gasteiger partial charge in [0.15, 0.2) is 0 Å². The average molecular weight is 263 g/mol. The molecule has 4 heteroatoms. The Morgan fingerprint density at radius 1 is 1.33 bits per heavy atom. The highest BCUT2D eigenvalue weighted by Crippen LogP contribution is 2.23. The summed E-state index contributed by atoms with van der Waals surface area (Å²) in [7, 11) is 1.61. The van der Waals surface area contributed by atoms with Crippen LogP contribution in [-0.2, 0) is 6.42 Å². The third-order valence-corrected chi connectivity index (χ3v) is 3.16. The van der Waals surface area contributed by atoms with E-state index in [1.54, 1.807) is 19.5 Å². The molecule has 1 unspecified atom stereocenters. The van der Waals surface area contributed by atoms with Crippen LogP contribution in [0.25, 0.3) is 0 Å². The Hall–Kier alpha value is -1.58. The predicted octanol–water partition coefficient (Wildman–Crippen LogP) is 2.99. The van der Waals surface area contributed by atoms with Crippen LogP contribution in [0.15, 0.2) is 42.7 Å². The van der Waals surface area contributed by atoms with E-state index in [4.69, 9.17) is 22.1 Å². The summed E-state index contributed by atoms with van der Waals surface area (Å²) in [5.74, 6) is 0.710. The number of pyridine rings is 1. The molecule has 1 atom stereocenters. The van der Waals surface area contributed by atoms with Gasteiger partial charge in [0.1, 0.15) is 5.75 Å². The van der Waals surface area contributed by atoms with E-state index in [0.717, 1.165) is 16.1 Å². The van der Waals surface area contributed by atoms with Crippen molar-refractivity contribution in [3.05, 3.63) is 58.9 Å². The van der Waals surface area contributed by atoms with Gasteiger partial charge >= 0.3 is 0 Å². The maximum absolute atomic E-state index is 6.17. The van der Waals surface area contributed by atoms with Gasteiger partial charge in [0.25, 0.3) is 0 Å². The number of hydrogen-bond acceptors (Lipinski definition) is 3. The number of ether oxygens (including phenoxy) is 1. The fraction of sp³-hybridized carbons (Fsp3) is 0.214. The van der Waals surface area contributed by atoms with E-state index in [9.17, 15) is 0 Å². The second-order valence-corrected chi connectivity index (χ2v) is 4.47. The van der Waals surface area contributed by atoms with Gasteiger partial charge in [-0.1, -0.05) is 29.8 Å². The monoisotopic (exact) mass is 262 g/mol. The molecule has 18 heavy (non-hydrogen) atoms. The molecule has 0 aliphatic heterocycles. The first kappa shape index (κ1) is 12.9. The minimum absolute atomic E-state index is 0.146. The summed E-state index contributed by atoms with van der Waals surface area (Å²) < 4.78 is 5.13. The minimum Gasteiger partial charge on any atom is -0.495 e. The molecule has 2 N–H and O–H groups in total. The van der Waals surface area contributed by atoms with E-state index in [2.05, 4.69) is 4.98 Å². The Kier molecular flexibility index (Phi) is 4.18. The number of nitrogens with zero attached hydrogens (tertiary/aromatic N) is 1. The first-order valence-corrected chi connectivity index (χ1v) is 6.06. The molecule has 0 saturated carbocycles. The predicted molar refractivity (Wildman–Crippen MR) is 72.9 cm³/mol. The third-order valence-electron chi connectivity index (χ3n) is 2.80. The van der Waals surface area contributed by atoms with Crippen molar-refractivity contribution in [3.63, 3.8) is 0 Å². The maximum Gasteiger partial charge on any atom is 0.137 e. The largest absolute Gasteiger partial charge is 0.495 e. The lowest BCUT2D eigenvalue weighted by Crippen LogP contribution is -2.14. The van der Waals surface area contributed by atoms with E-state index < -0.39 is 0 Å². The van der Waals surface area contributed by atoms with Crippen LogP contribution >= 0.6 is 11.6 Å². The van der Waals surface area contributed by atoms with Gasteiger partial charge in [-0.25, -0.2) is 0 Å². The van der Waals surface area contributed by atoms with Gasteiger partial charge in [-0.05, 0) is 29.7 Å². The van der Waals surface area contributed by atoms with Crippen LogP contribution in [0.1, 0.15) is 17.2 Å². The lowest BCUT2D eigenvalue weighted by Gasteiger charge is -2.13. The lowest BCUT2D eigenvalue weighted by atomic mass is 10.0. The van der Waals surface area contributed by atoms with Crippen LogP contribution in [-0.4, -0.2) is 12.1 Å². The van der Waals surface area contributed by atoms with Crippen LogP contribution in [0.5, 0.6) is 5.75 Å². The highest BCUT2D eigenvalue weighted by Gasteiger charge is 2.10. The van der Waals surface area contributed by atoms with E-state index >= 15 is 0 Å². The number of halogens is 1. The van der Waals surface area contributed by atoms with Gasteiger partial charge in [-0.15, -0.1) is 0 Å². The summed E-state index contributed by atoms with van der Waals surface area (Å²) >= 11 is 6.12. The zero-order valence-electron chi connectivity index (χ0n) is 10.1. The van der Waals surface area contributed by atoms with Gasteiger partial charge in [0.2, 0.25) is 0 Å². The minimum atomic E-state index is -0.146. The van der Waals surface area contributed by atoms with Gasteiger partial charge in [0, 0.05) is 17.3 Å². The molecule has 0 saturated heterocycles. The molecule has 1 aromatic heterocycles.